The Bertz CT molecular complexity index is 898. The first-order chi connectivity index (χ1) is 12.3. The normalized spacial score (nSPS) is 11.4. The number of halogens is 1. The quantitative estimate of drug-likeness (QED) is 0.670. The molecule has 6 nitrogen and oxygen atoms in total. The maximum absolute atomic E-state index is 12.9. The second kappa shape index (κ2) is 8.53. The van der Waals surface area contributed by atoms with E-state index in [1.54, 1.807) is 12.1 Å². The predicted molar refractivity (Wildman–Crippen MR) is 99.1 cm³/mol. The molecule has 0 amide bonds. The van der Waals surface area contributed by atoms with Gasteiger partial charge in [0.05, 0.1) is 24.3 Å². The molecule has 2 aromatic carbocycles. The Hall–Kier alpha value is -2.09. The van der Waals surface area contributed by atoms with E-state index >= 15 is 0 Å². The van der Waals surface area contributed by atoms with Gasteiger partial charge in [-0.3, -0.25) is 0 Å². The number of para-hydroxylation sites is 1. The molecule has 0 radical (unpaired) electrons. The monoisotopic (exact) mass is 397 g/mol. The van der Waals surface area contributed by atoms with Crippen LogP contribution in [0.15, 0.2) is 47.4 Å². The number of benzene rings is 2. The highest BCUT2D eigenvalue weighted by Crippen LogP contribution is 2.28. The Labute approximate surface area is 158 Å². The summed E-state index contributed by atoms with van der Waals surface area (Å²) >= 11 is 6.07. The van der Waals surface area contributed by atoms with Crippen LogP contribution in [0.3, 0.4) is 0 Å². The third-order valence-corrected chi connectivity index (χ3v) is 5.99. The minimum atomic E-state index is -3.93. The van der Waals surface area contributed by atoms with Gasteiger partial charge in [-0.2, -0.15) is 4.31 Å². The number of methoxy groups -OCH3 is 1. The van der Waals surface area contributed by atoms with E-state index in [-0.39, 0.29) is 22.0 Å². The Morgan fingerprint density at radius 3 is 2.54 bits per heavy atom. The van der Waals surface area contributed by atoms with Crippen molar-refractivity contribution in [2.45, 2.75) is 18.4 Å². The molecule has 0 heterocycles. The first-order valence-electron chi connectivity index (χ1n) is 7.86. The molecule has 8 heteroatoms. The molecular weight excluding hydrogens is 378 g/mol. The van der Waals surface area contributed by atoms with Crippen LogP contribution in [-0.2, 0) is 21.3 Å². The number of hydrogen-bond donors (Lipinski definition) is 0. The molecule has 0 aliphatic heterocycles. The van der Waals surface area contributed by atoms with Crippen LogP contribution in [0.25, 0.3) is 0 Å². The van der Waals surface area contributed by atoms with Gasteiger partial charge in [0.25, 0.3) is 0 Å². The molecule has 0 unspecified atom stereocenters. The summed E-state index contributed by atoms with van der Waals surface area (Å²) in [7, 11) is -1.26. The number of esters is 1. The third-order valence-electron chi connectivity index (χ3n) is 3.71. The molecule has 0 atom stereocenters. The van der Waals surface area contributed by atoms with Crippen molar-refractivity contribution in [1.29, 1.82) is 0 Å². The van der Waals surface area contributed by atoms with E-state index in [4.69, 9.17) is 16.3 Å². The fraction of sp³-hybridized carbons (Fsp3) is 0.278. The second-order valence-electron chi connectivity index (χ2n) is 5.44. The number of carbonyl (C=O) groups is 1. The molecule has 0 N–H and O–H groups in total. The molecule has 26 heavy (non-hydrogen) atoms. The number of carbonyl (C=O) groups excluding carboxylic acids is 1. The summed E-state index contributed by atoms with van der Waals surface area (Å²) in [6.45, 7) is 2.42. The lowest BCUT2D eigenvalue weighted by Crippen LogP contribution is -2.27. The zero-order chi connectivity index (χ0) is 19.3. The molecule has 0 aliphatic carbocycles. The van der Waals surface area contributed by atoms with Crippen LogP contribution in [-0.4, -0.2) is 39.5 Å². The molecule has 0 saturated heterocycles. The van der Waals surface area contributed by atoms with Gasteiger partial charge in [-0.15, -0.1) is 0 Å². The fourth-order valence-electron chi connectivity index (χ4n) is 2.37. The zero-order valence-corrected chi connectivity index (χ0v) is 16.3. The van der Waals surface area contributed by atoms with Crippen molar-refractivity contribution in [3.05, 3.63) is 58.6 Å². The second-order valence-corrected chi connectivity index (χ2v) is 7.86. The molecule has 0 spiro atoms. The van der Waals surface area contributed by atoms with Gasteiger partial charge in [0.2, 0.25) is 10.0 Å². The number of rotatable bonds is 7. The van der Waals surface area contributed by atoms with Crippen molar-refractivity contribution < 1.29 is 22.7 Å². The molecule has 140 valence electrons. The SMILES string of the molecule is CCOc1ccccc1CN(C)S(=O)(=O)c1cc(C(=O)OC)ccc1Cl. The van der Waals surface area contributed by atoms with Crippen LogP contribution in [0.2, 0.25) is 5.02 Å². The van der Waals surface area contributed by atoms with Crippen molar-refractivity contribution in [3.63, 3.8) is 0 Å². The maximum atomic E-state index is 12.9. The van der Waals surface area contributed by atoms with Gasteiger partial charge in [0, 0.05) is 19.2 Å². The standard InChI is InChI=1S/C18H20ClNO5S/c1-4-25-16-8-6-5-7-14(16)12-20(2)26(22,23)17-11-13(18(21)24-3)9-10-15(17)19/h5-11H,4,12H2,1-3H3. The van der Waals surface area contributed by atoms with E-state index in [0.29, 0.717) is 12.4 Å². The number of sulfonamides is 1. The predicted octanol–water partition coefficient (Wildman–Crippen LogP) is 3.35. The van der Waals surface area contributed by atoms with Gasteiger partial charge in [-0.05, 0) is 31.2 Å². The van der Waals surface area contributed by atoms with E-state index in [2.05, 4.69) is 4.74 Å². The minimum Gasteiger partial charge on any atom is -0.494 e. The lowest BCUT2D eigenvalue weighted by molar-refractivity contribution is 0.0600. The number of nitrogens with zero attached hydrogens (tertiary/aromatic N) is 1. The van der Waals surface area contributed by atoms with Gasteiger partial charge in [-0.25, -0.2) is 13.2 Å². The lowest BCUT2D eigenvalue weighted by Gasteiger charge is -2.20. The summed E-state index contributed by atoms with van der Waals surface area (Å²) in [4.78, 5) is 11.5. The highest BCUT2D eigenvalue weighted by atomic mass is 35.5. The van der Waals surface area contributed by atoms with Gasteiger partial charge in [0.15, 0.2) is 0 Å². The lowest BCUT2D eigenvalue weighted by atomic mass is 10.2. The number of hydrogen-bond acceptors (Lipinski definition) is 5. The van der Waals surface area contributed by atoms with Crippen LogP contribution < -0.4 is 4.74 Å². The summed E-state index contributed by atoms with van der Waals surface area (Å²) in [5.41, 5.74) is 0.833. The highest BCUT2D eigenvalue weighted by Gasteiger charge is 2.26. The topological polar surface area (TPSA) is 72.9 Å². The van der Waals surface area contributed by atoms with Gasteiger partial charge >= 0.3 is 5.97 Å². The Morgan fingerprint density at radius 1 is 1.19 bits per heavy atom. The van der Waals surface area contributed by atoms with Crippen LogP contribution >= 0.6 is 11.6 Å². The fourth-order valence-corrected chi connectivity index (χ4v) is 4.01. The average Bonchev–Trinajstić information content (AvgIpc) is 2.63. The smallest absolute Gasteiger partial charge is 0.337 e. The minimum absolute atomic E-state index is 0.0302. The highest BCUT2D eigenvalue weighted by molar-refractivity contribution is 7.89. The Morgan fingerprint density at radius 2 is 1.88 bits per heavy atom. The molecular formula is C18H20ClNO5S. The van der Waals surface area contributed by atoms with Crippen LogP contribution in [0, 0.1) is 0 Å². The maximum Gasteiger partial charge on any atom is 0.337 e. The first-order valence-corrected chi connectivity index (χ1v) is 9.68. The van der Waals surface area contributed by atoms with Gasteiger partial charge < -0.3 is 9.47 Å². The summed E-state index contributed by atoms with van der Waals surface area (Å²) in [6.07, 6.45) is 0. The summed E-state index contributed by atoms with van der Waals surface area (Å²) in [5, 5.41) is 0.0302. The van der Waals surface area contributed by atoms with Gasteiger partial charge in [-0.1, -0.05) is 29.8 Å². The molecule has 0 fully saturated rings. The van der Waals surface area contributed by atoms with Crippen molar-refractivity contribution in [2.75, 3.05) is 20.8 Å². The molecule has 2 rings (SSSR count). The molecule has 0 bridgehead atoms. The average molecular weight is 398 g/mol. The van der Waals surface area contributed by atoms with Crippen molar-refractivity contribution in [1.82, 2.24) is 4.31 Å². The van der Waals surface area contributed by atoms with Crippen molar-refractivity contribution >= 4 is 27.6 Å². The third kappa shape index (κ3) is 4.35. The molecule has 0 aromatic heterocycles. The zero-order valence-electron chi connectivity index (χ0n) is 14.7. The van der Waals surface area contributed by atoms with Crippen LogP contribution in [0.1, 0.15) is 22.8 Å². The van der Waals surface area contributed by atoms with Gasteiger partial charge in [0.1, 0.15) is 10.6 Å². The molecule has 0 aliphatic rings. The van der Waals surface area contributed by atoms with E-state index in [9.17, 15) is 13.2 Å². The first kappa shape index (κ1) is 20.2. The number of ether oxygens (including phenoxy) is 2. The summed E-state index contributed by atoms with van der Waals surface area (Å²) < 4.78 is 37.2. The van der Waals surface area contributed by atoms with Crippen LogP contribution in [0.5, 0.6) is 5.75 Å². The summed E-state index contributed by atoms with van der Waals surface area (Å²) in [6, 6.07) is 11.2. The van der Waals surface area contributed by atoms with E-state index in [1.165, 1.54) is 32.4 Å². The van der Waals surface area contributed by atoms with E-state index < -0.39 is 16.0 Å². The van der Waals surface area contributed by atoms with E-state index in [1.807, 2.05) is 19.1 Å². The van der Waals surface area contributed by atoms with Crippen molar-refractivity contribution in [2.24, 2.45) is 0 Å². The largest absolute Gasteiger partial charge is 0.494 e. The van der Waals surface area contributed by atoms with Crippen LogP contribution in [0.4, 0.5) is 0 Å². The summed E-state index contributed by atoms with van der Waals surface area (Å²) in [5.74, 6) is -0.0195. The van der Waals surface area contributed by atoms with E-state index in [0.717, 1.165) is 9.87 Å². The Kier molecular flexibility index (Phi) is 6.63. The van der Waals surface area contributed by atoms with Crippen molar-refractivity contribution in [3.8, 4) is 5.75 Å². The molecule has 0 saturated carbocycles. The molecule has 2 aromatic rings. The Balaban J connectivity index is 2.37.